The summed E-state index contributed by atoms with van der Waals surface area (Å²) in [6.45, 7) is 2.29. The van der Waals surface area contributed by atoms with Gasteiger partial charge in [-0.05, 0) is 74.6 Å². The van der Waals surface area contributed by atoms with Crippen molar-refractivity contribution in [3.05, 3.63) is 79.7 Å². The molecule has 0 spiro atoms. The molecule has 4 aromatic rings. The number of aryl methyl sites for hydroxylation is 2. The molecule has 0 aliphatic heterocycles. The average Bonchev–Trinajstić information content (AvgIpc) is 3.49. The maximum Gasteiger partial charge on any atom is 0.333 e. The van der Waals surface area contributed by atoms with Crippen LogP contribution in [0.3, 0.4) is 0 Å². The molecular formula is C25H25N3O5S. The molecule has 5 rings (SSSR count). The van der Waals surface area contributed by atoms with Crippen molar-refractivity contribution in [2.45, 2.75) is 45.7 Å². The van der Waals surface area contributed by atoms with Gasteiger partial charge in [0, 0.05) is 10.6 Å². The van der Waals surface area contributed by atoms with E-state index in [1.165, 1.54) is 26.7 Å². The van der Waals surface area contributed by atoms with Gasteiger partial charge in [0.1, 0.15) is 22.9 Å². The fourth-order valence-corrected chi connectivity index (χ4v) is 5.77. The number of carbonyl (C=O) groups is 1. The second-order valence-corrected chi connectivity index (χ2v) is 9.32. The smallest absolute Gasteiger partial charge is 0.333 e. The Bertz CT molecular complexity index is 1450. The normalized spacial score (nSPS) is 13.1. The monoisotopic (exact) mass is 479 g/mol. The third-order valence-corrected chi connectivity index (χ3v) is 7.28. The van der Waals surface area contributed by atoms with Crippen LogP contribution in [-0.2, 0) is 30.7 Å². The van der Waals surface area contributed by atoms with Crippen molar-refractivity contribution in [1.82, 2.24) is 9.13 Å². The van der Waals surface area contributed by atoms with Gasteiger partial charge in [-0.1, -0.05) is 0 Å². The average molecular weight is 480 g/mol. The molecule has 0 radical (unpaired) electrons. The summed E-state index contributed by atoms with van der Waals surface area (Å²) < 4.78 is 13.4. The van der Waals surface area contributed by atoms with Crippen LogP contribution in [0.2, 0.25) is 0 Å². The molecule has 0 unspecified atom stereocenters. The predicted molar refractivity (Wildman–Crippen MR) is 131 cm³/mol. The fraction of sp³-hybridized carbons (Fsp3) is 0.320. The molecule has 1 aliphatic rings. The van der Waals surface area contributed by atoms with E-state index in [1.54, 1.807) is 36.4 Å². The number of aromatic nitrogens is 2. The molecule has 1 N–H and O–H groups in total. The molecule has 3 aromatic heterocycles. The predicted octanol–water partition coefficient (Wildman–Crippen LogP) is 3.78. The Morgan fingerprint density at radius 2 is 1.91 bits per heavy atom. The van der Waals surface area contributed by atoms with Crippen LogP contribution >= 0.6 is 11.3 Å². The number of amides is 1. The van der Waals surface area contributed by atoms with E-state index in [-0.39, 0.29) is 24.6 Å². The summed E-state index contributed by atoms with van der Waals surface area (Å²) in [5.74, 6) is 0.878. The molecule has 1 amide bonds. The summed E-state index contributed by atoms with van der Waals surface area (Å²) in [6, 6.07) is 10.5. The number of nitrogens with one attached hydrogen (secondary N) is 1. The zero-order valence-corrected chi connectivity index (χ0v) is 19.7. The van der Waals surface area contributed by atoms with E-state index in [9.17, 15) is 14.4 Å². The minimum atomic E-state index is -0.519. The third-order valence-electron chi connectivity index (χ3n) is 5.96. The standard InChI is InChI=1S/C25H25N3O5S/c1-2-32-17-11-9-16(10-12-17)26-21(29)15-28-24-22(19-7-3-4-8-20(19)34-24)23(30)27(25(28)31)14-18-6-5-13-33-18/h5-6,9-13H,2-4,7-8,14-15H2,1H3,(H,26,29). The van der Waals surface area contributed by atoms with Crippen LogP contribution < -0.4 is 21.3 Å². The Morgan fingerprint density at radius 1 is 1.12 bits per heavy atom. The number of carbonyl (C=O) groups excluding carboxylic acids is 1. The van der Waals surface area contributed by atoms with Gasteiger partial charge in [-0.2, -0.15) is 0 Å². The first-order valence-electron chi connectivity index (χ1n) is 11.4. The number of furan rings is 1. The molecule has 0 saturated carbocycles. The highest BCUT2D eigenvalue weighted by Gasteiger charge is 2.24. The van der Waals surface area contributed by atoms with Crippen molar-refractivity contribution in [1.29, 1.82) is 0 Å². The van der Waals surface area contributed by atoms with Gasteiger partial charge in [-0.15, -0.1) is 11.3 Å². The largest absolute Gasteiger partial charge is 0.494 e. The minimum absolute atomic E-state index is 0.0196. The van der Waals surface area contributed by atoms with E-state index in [1.807, 2.05) is 6.92 Å². The molecular weight excluding hydrogens is 454 g/mol. The molecule has 176 valence electrons. The van der Waals surface area contributed by atoms with Crippen LogP contribution in [0.4, 0.5) is 5.69 Å². The van der Waals surface area contributed by atoms with Crippen LogP contribution in [0.25, 0.3) is 10.2 Å². The first kappa shape index (κ1) is 22.2. The van der Waals surface area contributed by atoms with E-state index in [2.05, 4.69) is 5.32 Å². The highest BCUT2D eigenvalue weighted by Crippen LogP contribution is 2.34. The van der Waals surface area contributed by atoms with Crippen molar-refractivity contribution in [2.75, 3.05) is 11.9 Å². The lowest BCUT2D eigenvalue weighted by atomic mass is 9.97. The van der Waals surface area contributed by atoms with Gasteiger partial charge in [0.05, 0.1) is 24.8 Å². The van der Waals surface area contributed by atoms with Gasteiger partial charge >= 0.3 is 5.69 Å². The number of thiophene rings is 1. The summed E-state index contributed by atoms with van der Waals surface area (Å²) in [4.78, 5) is 41.5. The topological polar surface area (TPSA) is 95.5 Å². The Balaban J connectivity index is 1.53. The molecule has 9 heteroatoms. The van der Waals surface area contributed by atoms with E-state index >= 15 is 0 Å². The molecule has 0 saturated heterocycles. The molecule has 1 aromatic carbocycles. The highest BCUT2D eigenvalue weighted by atomic mass is 32.1. The molecule has 34 heavy (non-hydrogen) atoms. The maximum absolute atomic E-state index is 13.4. The zero-order chi connectivity index (χ0) is 23.7. The first-order chi connectivity index (χ1) is 16.5. The molecule has 0 bridgehead atoms. The van der Waals surface area contributed by atoms with Crippen LogP contribution in [0.1, 0.15) is 36.0 Å². The lowest BCUT2D eigenvalue weighted by Crippen LogP contribution is -2.41. The van der Waals surface area contributed by atoms with Gasteiger partial charge in [0.15, 0.2) is 0 Å². The van der Waals surface area contributed by atoms with Gasteiger partial charge in [-0.25, -0.2) is 4.79 Å². The number of nitrogens with zero attached hydrogens (tertiary/aromatic N) is 2. The van der Waals surface area contributed by atoms with Crippen LogP contribution in [0, 0.1) is 0 Å². The van der Waals surface area contributed by atoms with Gasteiger partial charge in [0.2, 0.25) is 5.91 Å². The lowest BCUT2D eigenvalue weighted by Gasteiger charge is -2.13. The second kappa shape index (κ2) is 9.34. The Kier molecular flexibility index (Phi) is 6.10. The Hall–Kier alpha value is -3.59. The first-order valence-corrected chi connectivity index (χ1v) is 12.2. The Labute approximate surface area is 199 Å². The maximum atomic E-state index is 13.4. The molecule has 1 aliphatic carbocycles. The van der Waals surface area contributed by atoms with Gasteiger partial charge in [0.25, 0.3) is 5.56 Å². The summed E-state index contributed by atoms with van der Waals surface area (Å²) in [5, 5.41) is 3.39. The summed E-state index contributed by atoms with van der Waals surface area (Å²) in [6.07, 6.45) is 5.27. The summed E-state index contributed by atoms with van der Waals surface area (Å²) in [5.41, 5.74) is 0.783. The molecule has 0 atom stereocenters. The van der Waals surface area contributed by atoms with Gasteiger partial charge < -0.3 is 14.5 Å². The van der Waals surface area contributed by atoms with Crippen molar-refractivity contribution < 1.29 is 13.9 Å². The van der Waals surface area contributed by atoms with Crippen molar-refractivity contribution >= 4 is 33.1 Å². The van der Waals surface area contributed by atoms with Crippen LogP contribution in [0.15, 0.2) is 56.7 Å². The number of anilines is 1. The summed E-state index contributed by atoms with van der Waals surface area (Å²) >= 11 is 1.46. The van der Waals surface area contributed by atoms with E-state index < -0.39 is 5.69 Å². The van der Waals surface area contributed by atoms with E-state index in [0.29, 0.717) is 34.0 Å². The number of benzene rings is 1. The van der Waals surface area contributed by atoms with Crippen LogP contribution in [-0.4, -0.2) is 21.6 Å². The molecule has 0 fully saturated rings. The van der Waals surface area contributed by atoms with Gasteiger partial charge in [-0.3, -0.25) is 18.7 Å². The van der Waals surface area contributed by atoms with E-state index in [4.69, 9.17) is 9.15 Å². The van der Waals surface area contributed by atoms with Crippen molar-refractivity contribution in [3.63, 3.8) is 0 Å². The number of hydrogen-bond donors (Lipinski definition) is 1. The second-order valence-electron chi connectivity index (χ2n) is 8.24. The summed E-state index contributed by atoms with van der Waals surface area (Å²) in [7, 11) is 0. The SMILES string of the molecule is CCOc1ccc(NC(=O)Cn2c(=O)n(Cc3ccco3)c(=O)c3c4c(sc32)CCCC4)cc1. The highest BCUT2D eigenvalue weighted by molar-refractivity contribution is 7.18. The number of ether oxygens (including phenoxy) is 1. The zero-order valence-electron chi connectivity index (χ0n) is 18.8. The number of fused-ring (bicyclic) bond motifs is 3. The number of rotatable bonds is 7. The number of hydrogen-bond acceptors (Lipinski definition) is 6. The van der Waals surface area contributed by atoms with E-state index in [0.717, 1.165) is 36.1 Å². The Morgan fingerprint density at radius 3 is 2.65 bits per heavy atom. The lowest BCUT2D eigenvalue weighted by molar-refractivity contribution is -0.116. The fourth-order valence-electron chi connectivity index (χ4n) is 4.40. The van der Waals surface area contributed by atoms with Crippen molar-refractivity contribution in [2.24, 2.45) is 0 Å². The quantitative estimate of drug-likeness (QED) is 0.435. The van der Waals surface area contributed by atoms with Crippen molar-refractivity contribution in [3.8, 4) is 5.75 Å². The minimum Gasteiger partial charge on any atom is -0.494 e. The molecule has 3 heterocycles. The molecule has 8 nitrogen and oxygen atoms in total. The van der Waals surface area contributed by atoms with Crippen LogP contribution in [0.5, 0.6) is 5.75 Å². The third kappa shape index (κ3) is 4.19.